The van der Waals surface area contributed by atoms with Gasteiger partial charge < -0.3 is 10.6 Å². The third-order valence-electron chi connectivity index (χ3n) is 3.81. The Morgan fingerprint density at radius 1 is 1.21 bits per heavy atom. The lowest BCUT2D eigenvalue weighted by atomic mass is 10.2. The number of rotatable bonds is 6. The molecule has 0 aliphatic rings. The lowest BCUT2D eigenvalue weighted by Gasteiger charge is -2.12. The van der Waals surface area contributed by atoms with Crippen molar-refractivity contribution in [2.24, 2.45) is 12.2 Å². The summed E-state index contributed by atoms with van der Waals surface area (Å²) in [4.78, 5) is 7.79. The van der Waals surface area contributed by atoms with Gasteiger partial charge in [-0.3, -0.25) is 4.68 Å². The number of hydrogen-bond acceptors (Lipinski definition) is 7. The number of hydrogen-bond donors (Lipinski definition) is 3. The van der Waals surface area contributed by atoms with Gasteiger partial charge in [-0.25, -0.2) is 27.3 Å². The topological polar surface area (TPSA) is 128 Å². The van der Waals surface area contributed by atoms with Crippen LogP contribution in [0, 0.1) is 18.6 Å². The minimum absolute atomic E-state index is 0.257. The van der Waals surface area contributed by atoms with E-state index in [0.717, 1.165) is 0 Å². The van der Waals surface area contributed by atoms with Gasteiger partial charge in [0.05, 0.1) is 16.8 Å². The Morgan fingerprint density at radius 2 is 1.89 bits per heavy atom. The molecule has 4 N–H and O–H groups in total. The SMILES string of the molecule is Cc1cnc(Nc2cnn(C)c2)nc1NCc1c(F)cc(S(N)(=O)=O)cc1F. The molecule has 0 saturated carbocycles. The van der Waals surface area contributed by atoms with Gasteiger partial charge in [0.25, 0.3) is 0 Å². The summed E-state index contributed by atoms with van der Waals surface area (Å²) < 4.78 is 52.4. The largest absolute Gasteiger partial charge is 0.365 e. The van der Waals surface area contributed by atoms with Gasteiger partial charge in [0, 0.05) is 37.1 Å². The molecule has 0 unspecified atom stereocenters. The van der Waals surface area contributed by atoms with Crippen LogP contribution in [-0.2, 0) is 23.6 Å². The molecule has 0 spiro atoms. The van der Waals surface area contributed by atoms with Gasteiger partial charge in [0.15, 0.2) is 0 Å². The standard InChI is InChI=1S/C16H17F2N7O2S/c1-9-5-21-16(23-10-6-22-25(2)8-10)24-15(9)20-7-12-13(17)3-11(4-14(12)18)28(19,26)27/h3-6,8H,7H2,1-2H3,(H2,19,26,27)(H2,20,21,23,24). The number of nitrogens with zero attached hydrogens (tertiary/aromatic N) is 4. The smallest absolute Gasteiger partial charge is 0.238 e. The fraction of sp³-hybridized carbons (Fsp3) is 0.188. The molecule has 2 aromatic heterocycles. The highest BCUT2D eigenvalue weighted by molar-refractivity contribution is 7.89. The summed E-state index contributed by atoms with van der Waals surface area (Å²) in [7, 11) is -2.45. The Bertz CT molecular complexity index is 1110. The van der Waals surface area contributed by atoms with E-state index in [2.05, 4.69) is 25.7 Å². The molecule has 2 heterocycles. The minimum Gasteiger partial charge on any atom is -0.365 e. The van der Waals surface area contributed by atoms with Gasteiger partial charge in [-0.1, -0.05) is 0 Å². The Hall–Kier alpha value is -3.12. The molecule has 0 atom stereocenters. The third kappa shape index (κ3) is 4.40. The lowest BCUT2D eigenvalue weighted by Crippen LogP contribution is -2.15. The van der Waals surface area contributed by atoms with Gasteiger partial charge in [-0.2, -0.15) is 10.1 Å². The van der Waals surface area contributed by atoms with Gasteiger partial charge in [-0.15, -0.1) is 0 Å². The number of nitrogens with two attached hydrogens (primary N) is 1. The number of aryl methyl sites for hydroxylation is 2. The number of primary sulfonamides is 1. The molecule has 3 aromatic rings. The van der Waals surface area contributed by atoms with Crippen molar-refractivity contribution in [1.82, 2.24) is 19.7 Å². The third-order valence-corrected chi connectivity index (χ3v) is 4.70. The summed E-state index contributed by atoms with van der Waals surface area (Å²) in [5, 5.41) is 14.7. The van der Waals surface area contributed by atoms with Crippen LogP contribution in [0.5, 0.6) is 0 Å². The summed E-state index contributed by atoms with van der Waals surface area (Å²) in [5.41, 5.74) is 0.985. The summed E-state index contributed by atoms with van der Waals surface area (Å²) in [6, 6.07) is 1.36. The number of benzene rings is 1. The van der Waals surface area contributed by atoms with E-state index < -0.39 is 26.6 Å². The fourth-order valence-corrected chi connectivity index (χ4v) is 2.92. The van der Waals surface area contributed by atoms with E-state index in [1.165, 1.54) is 0 Å². The van der Waals surface area contributed by atoms with E-state index in [9.17, 15) is 17.2 Å². The zero-order valence-corrected chi connectivity index (χ0v) is 15.8. The summed E-state index contributed by atoms with van der Waals surface area (Å²) >= 11 is 0. The van der Waals surface area contributed by atoms with Crippen molar-refractivity contribution in [2.75, 3.05) is 10.6 Å². The molecule has 0 amide bonds. The predicted octanol–water partition coefficient (Wildman–Crippen LogP) is 1.80. The Morgan fingerprint density at radius 3 is 2.46 bits per heavy atom. The van der Waals surface area contributed by atoms with E-state index in [-0.39, 0.29) is 18.1 Å². The molecule has 0 saturated heterocycles. The van der Waals surface area contributed by atoms with Gasteiger partial charge in [0.1, 0.15) is 17.5 Å². The minimum atomic E-state index is -4.21. The van der Waals surface area contributed by atoms with E-state index in [1.807, 2.05) is 0 Å². The fourth-order valence-electron chi connectivity index (χ4n) is 2.38. The molecule has 9 nitrogen and oxygen atoms in total. The first kappa shape index (κ1) is 19.6. The summed E-state index contributed by atoms with van der Waals surface area (Å²) in [5.74, 6) is -1.43. The molecule has 28 heavy (non-hydrogen) atoms. The highest BCUT2D eigenvalue weighted by atomic mass is 32.2. The highest BCUT2D eigenvalue weighted by Crippen LogP contribution is 2.21. The molecular weight excluding hydrogens is 392 g/mol. The molecule has 1 aromatic carbocycles. The maximum Gasteiger partial charge on any atom is 0.238 e. The quantitative estimate of drug-likeness (QED) is 0.566. The number of aromatic nitrogens is 4. The predicted molar refractivity (Wildman–Crippen MR) is 98.3 cm³/mol. The molecule has 148 valence electrons. The Kier molecular flexibility index (Phi) is 5.25. The molecular formula is C16H17F2N7O2S. The van der Waals surface area contributed by atoms with E-state index in [4.69, 9.17) is 5.14 Å². The summed E-state index contributed by atoms with van der Waals surface area (Å²) in [6.07, 6.45) is 4.87. The van der Waals surface area contributed by atoms with Gasteiger partial charge in [0.2, 0.25) is 16.0 Å². The maximum absolute atomic E-state index is 14.2. The zero-order valence-electron chi connectivity index (χ0n) is 14.9. The van der Waals surface area contributed by atoms with E-state index in [1.54, 1.807) is 37.2 Å². The molecule has 0 fully saturated rings. The van der Waals surface area contributed by atoms with Crippen molar-refractivity contribution in [3.8, 4) is 0 Å². The van der Waals surface area contributed by atoms with Gasteiger partial charge in [-0.05, 0) is 19.1 Å². The second-order valence-electron chi connectivity index (χ2n) is 6.02. The first-order chi connectivity index (χ1) is 13.1. The summed E-state index contributed by atoms with van der Waals surface area (Å²) in [6.45, 7) is 1.47. The average Bonchev–Trinajstić information content (AvgIpc) is 3.00. The molecule has 0 aliphatic heterocycles. The number of nitrogens with one attached hydrogen (secondary N) is 2. The molecule has 12 heteroatoms. The van der Waals surface area contributed by atoms with Crippen molar-refractivity contribution in [3.05, 3.63) is 53.5 Å². The molecule has 0 aliphatic carbocycles. The lowest BCUT2D eigenvalue weighted by molar-refractivity contribution is 0.548. The molecule has 0 bridgehead atoms. The Balaban J connectivity index is 1.80. The first-order valence-electron chi connectivity index (χ1n) is 7.97. The van der Waals surface area contributed by atoms with Crippen molar-refractivity contribution in [1.29, 1.82) is 0 Å². The van der Waals surface area contributed by atoms with Crippen LogP contribution in [0.1, 0.15) is 11.1 Å². The maximum atomic E-state index is 14.2. The van der Waals surface area contributed by atoms with Crippen LogP contribution < -0.4 is 15.8 Å². The average molecular weight is 409 g/mol. The first-order valence-corrected chi connectivity index (χ1v) is 9.52. The molecule has 3 rings (SSSR count). The van der Waals surface area contributed by atoms with Crippen LogP contribution in [-0.4, -0.2) is 28.2 Å². The van der Waals surface area contributed by atoms with Crippen LogP contribution in [0.15, 0.2) is 35.6 Å². The van der Waals surface area contributed by atoms with Crippen LogP contribution in [0.3, 0.4) is 0 Å². The van der Waals surface area contributed by atoms with E-state index >= 15 is 0 Å². The van der Waals surface area contributed by atoms with E-state index in [0.29, 0.717) is 29.2 Å². The van der Waals surface area contributed by atoms with Crippen molar-refractivity contribution >= 4 is 27.5 Å². The van der Waals surface area contributed by atoms with Crippen molar-refractivity contribution in [3.63, 3.8) is 0 Å². The second kappa shape index (κ2) is 7.48. The van der Waals surface area contributed by atoms with Crippen LogP contribution in [0.25, 0.3) is 0 Å². The van der Waals surface area contributed by atoms with Crippen LogP contribution >= 0.6 is 0 Å². The number of halogens is 2. The Labute approximate surface area is 159 Å². The van der Waals surface area contributed by atoms with Crippen molar-refractivity contribution < 1.29 is 17.2 Å². The van der Waals surface area contributed by atoms with Crippen LogP contribution in [0.4, 0.5) is 26.2 Å². The number of sulfonamides is 1. The van der Waals surface area contributed by atoms with Gasteiger partial charge >= 0.3 is 0 Å². The number of anilines is 3. The van der Waals surface area contributed by atoms with Crippen LogP contribution in [0.2, 0.25) is 0 Å². The monoisotopic (exact) mass is 409 g/mol. The normalized spacial score (nSPS) is 11.5. The zero-order chi connectivity index (χ0) is 20.5. The second-order valence-corrected chi connectivity index (χ2v) is 7.58. The highest BCUT2D eigenvalue weighted by Gasteiger charge is 2.17. The van der Waals surface area contributed by atoms with Crippen molar-refractivity contribution in [2.45, 2.75) is 18.4 Å². The molecule has 0 radical (unpaired) electrons.